The van der Waals surface area contributed by atoms with Gasteiger partial charge in [0.15, 0.2) is 0 Å². The first-order valence-electron chi connectivity index (χ1n) is 5.48. The van der Waals surface area contributed by atoms with Crippen LogP contribution in [0.2, 0.25) is 5.02 Å². The molecule has 1 aromatic carbocycles. The minimum Gasteiger partial charge on any atom is -0.478 e. The molecule has 0 bridgehead atoms. The Morgan fingerprint density at radius 2 is 2.18 bits per heavy atom. The van der Waals surface area contributed by atoms with E-state index in [2.05, 4.69) is 19.2 Å². The Bertz CT molecular complexity index is 419. The number of anilines is 2. The molecule has 17 heavy (non-hydrogen) atoms. The van der Waals surface area contributed by atoms with Crippen molar-refractivity contribution in [1.29, 1.82) is 0 Å². The van der Waals surface area contributed by atoms with Crippen LogP contribution < -0.4 is 11.1 Å². The lowest BCUT2D eigenvalue weighted by Crippen LogP contribution is -2.10. The number of carboxylic acids is 1. The minimum atomic E-state index is -1.04. The van der Waals surface area contributed by atoms with E-state index in [4.69, 9.17) is 22.4 Å². The summed E-state index contributed by atoms with van der Waals surface area (Å²) in [6.45, 7) is 4.89. The molecule has 0 saturated heterocycles. The van der Waals surface area contributed by atoms with Crippen LogP contribution in [0.1, 0.15) is 30.6 Å². The molecular weight excluding hydrogens is 240 g/mol. The Kier molecular flexibility index (Phi) is 4.63. The van der Waals surface area contributed by atoms with Gasteiger partial charge >= 0.3 is 5.97 Å². The summed E-state index contributed by atoms with van der Waals surface area (Å²) in [5, 5.41) is 12.5. The van der Waals surface area contributed by atoms with Crippen molar-refractivity contribution in [1.82, 2.24) is 0 Å². The van der Waals surface area contributed by atoms with E-state index in [0.29, 0.717) is 28.9 Å². The van der Waals surface area contributed by atoms with Gasteiger partial charge in [0.25, 0.3) is 0 Å². The van der Waals surface area contributed by atoms with E-state index in [1.54, 1.807) is 6.07 Å². The van der Waals surface area contributed by atoms with Gasteiger partial charge < -0.3 is 16.2 Å². The van der Waals surface area contributed by atoms with E-state index in [-0.39, 0.29) is 5.56 Å². The number of benzene rings is 1. The first kappa shape index (κ1) is 13.6. The Hall–Kier alpha value is -1.42. The maximum absolute atomic E-state index is 11.1. The molecule has 0 aliphatic rings. The van der Waals surface area contributed by atoms with Crippen LogP contribution >= 0.6 is 11.6 Å². The van der Waals surface area contributed by atoms with E-state index in [1.165, 1.54) is 6.07 Å². The van der Waals surface area contributed by atoms with E-state index >= 15 is 0 Å². The summed E-state index contributed by atoms with van der Waals surface area (Å²) in [6.07, 6.45) is 0.944. The monoisotopic (exact) mass is 256 g/mol. The second kappa shape index (κ2) is 5.77. The molecule has 5 heteroatoms. The lowest BCUT2D eigenvalue weighted by atomic mass is 10.1. The Morgan fingerprint density at radius 1 is 1.53 bits per heavy atom. The van der Waals surface area contributed by atoms with E-state index in [1.807, 2.05) is 0 Å². The Morgan fingerprint density at radius 3 is 2.71 bits per heavy atom. The van der Waals surface area contributed by atoms with Gasteiger partial charge in [0.05, 0.1) is 16.3 Å². The molecule has 4 nitrogen and oxygen atoms in total. The van der Waals surface area contributed by atoms with Gasteiger partial charge in [0.2, 0.25) is 0 Å². The lowest BCUT2D eigenvalue weighted by molar-refractivity contribution is 0.0698. The molecule has 0 spiro atoms. The fraction of sp³-hybridized carbons (Fsp3) is 0.417. The standard InChI is InChI=1S/C12H17ClN2O2/c1-7(2)3-4-15-11-9(12(16)17)5-8(14)6-10(11)13/h5-7,15H,3-4,14H2,1-2H3,(H,16,17). The molecule has 1 aromatic rings. The minimum absolute atomic E-state index is 0.110. The van der Waals surface area contributed by atoms with Crippen molar-refractivity contribution in [2.24, 2.45) is 5.92 Å². The summed E-state index contributed by atoms with van der Waals surface area (Å²) >= 11 is 5.99. The highest BCUT2D eigenvalue weighted by atomic mass is 35.5. The van der Waals surface area contributed by atoms with Crippen molar-refractivity contribution in [3.63, 3.8) is 0 Å². The Labute approximate surface area is 106 Å². The third-order valence-corrected chi connectivity index (χ3v) is 2.66. The summed E-state index contributed by atoms with van der Waals surface area (Å²) in [5.74, 6) is -0.491. The van der Waals surface area contributed by atoms with Crippen LogP contribution in [-0.2, 0) is 0 Å². The van der Waals surface area contributed by atoms with Crippen molar-refractivity contribution in [3.05, 3.63) is 22.7 Å². The summed E-state index contributed by atoms with van der Waals surface area (Å²) < 4.78 is 0. The van der Waals surface area contributed by atoms with Gasteiger partial charge in [0.1, 0.15) is 0 Å². The van der Waals surface area contributed by atoms with Crippen LogP contribution in [0.5, 0.6) is 0 Å². The van der Waals surface area contributed by atoms with Gasteiger partial charge in [-0.05, 0) is 24.5 Å². The molecule has 0 fully saturated rings. The largest absolute Gasteiger partial charge is 0.478 e. The number of nitrogen functional groups attached to an aromatic ring is 1. The van der Waals surface area contributed by atoms with Crippen molar-refractivity contribution < 1.29 is 9.90 Å². The fourth-order valence-corrected chi connectivity index (χ4v) is 1.76. The Balaban J connectivity index is 2.92. The number of nitrogens with one attached hydrogen (secondary N) is 1. The van der Waals surface area contributed by atoms with Crippen molar-refractivity contribution in [2.75, 3.05) is 17.6 Å². The first-order chi connectivity index (χ1) is 7.91. The summed E-state index contributed by atoms with van der Waals surface area (Å²) in [7, 11) is 0. The molecule has 0 amide bonds. The number of carboxylic acid groups (broad SMARTS) is 1. The number of rotatable bonds is 5. The number of aromatic carboxylic acids is 1. The molecule has 0 aromatic heterocycles. The van der Waals surface area contributed by atoms with Crippen LogP contribution in [0.25, 0.3) is 0 Å². The lowest BCUT2D eigenvalue weighted by Gasteiger charge is -2.13. The number of nitrogens with two attached hydrogens (primary N) is 1. The zero-order chi connectivity index (χ0) is 13.0. The van der Waals surface area contributed by atoms with Crippen LogP contribution in [0.3, 0.4) is 0 Å². The predicted octanol–water partition coefficient (Wildman–Crippen LogP) is 3.08. The van der Waals surface area contributed by atoms with Crippen LogP contribution in [0.15, 0.2) is 12.1 Å². The third-order valence-electron chi connectivity index (χ3n) is 2.37. The molecule has 0 heterocycles. The predicted molar refractivity (Wildman–Crippen MR) is 70.8 cm³/mol. The number of halogens is 1. The fourth-order valence-electron chi connectivity index (χ4n) is 1.46. The normalized spacial score (nSPS) is 10.6. The van der Waals surface area contributed by atoms with Gasteiger partial charge in [-0.25, -0.2) is 4.79 Å². The molecule has 4 N–H and O–H groups in total. The van der Waals surface area contributed by atoms with Gasteiger partial charge in [-0.2, -0.15) is 0 Å². The topological polar surface area (TPSA) is 75.3 Å². The molecule has 0 atom stereocenters. The second-order valence-electron chi connectivity index (χ2n) is 4.34. The van der Waals surface area contributed by atoms with Gasteiger partial charge in [0, 0.05) is 12.2 Å². The zero-order valence-corrected chi connectivity index (χ0v) is 10.7. The molecule has 94 valence electrons. The number of hydrogen-bond acceptors (Lipinski definition) is 3. The highest BCUT2D eigenvalue weighted by Crippen LogP contribution is 2.29. The smallest absolute Gasteiger partial charge is 0.337 e. The average molecular weight is 257 g/mol. The highest BCUT2D eigenvalue weighted by Gasteiger charge is 2.14. The van der Waals surface area contributed by atoms with Crippen molar-refractivity contribution in [2.45, 2.75) is 20.3 Å². The molecular formula is C12H17ClN2O2. The van der Waals surface area contributed by atoms with E-state index < -0.39 is 5.97 Å². The van der Waals surface area contributed by atoms with E-state index in [9.17, 15) is 4.79 Å². The zero-order valence-electron chi connectivity index (χ0n) is 9.96. The van der Waals surface area contributed by atoms with Crippen LogP contribution in [-0.4, -0.2) is 17.6 Å². The highest BCUT2D eigenvalue weighted by molar-refractivity contribution is 6.34. The quantitative estimate of drug-likeness (QED) is 0.708. The number of hydrogen-bond donors (Lipinski definition) is 3. The number of carbonyl (C=O) groups is 1. The average Bonchev–Trinajstić information content (AvgIpc) is 2.19. The summed E-state index contributed by atoms with van der Waals surface area (Å²) in [5.41, 5.74) is 6.47. The van der Waals surface area contributed by atoms with Gasteiger partial charge in [-0.15, -0.1) is 0 Å². The van der Waals surface area contributed by atoms with Gasteiger partial charge in [-0.1, -0.05) is 25.4 Å². The molecule has 1 rings (SSSR count). The maximum atomic E-state index is 11.1. The molecule has 0 radical (unpaired) electrons. The van der Waals surface area contributed by atoms with Crippen molar-refractivity contribution >= 4 is 28.9 Å². The van der Waals surface area contributed by atoms with Crippen molar-refractivity contribution in [3.8, 4) is 0 Å². The van der Waals surface area contributed by atoms with Crippen LogP contribution in [0, 0.1) is 5.92 Å². The molecule has 0 saturated carbocycles. The molecule has 0 unspecified atom stereocenters. The summed E-state index contributed by atoms with van der Waals surface area (Å²) in [4.78, 5) is 11.1. The molecule has 0 aliphatic carbocycles. The third kappa shape index (κ3) is 3.82. The second-order valence-corrected chi connectivity index (χ2v) is 4.75. The first-order valence-corrected chi connectivity index (χ1v) is 5.85. The van der Waals surface area contributed by atoms with Crippen LogP contribution in [0.4, 0.5) is 11.4 Å². The maximum Gasteiger partial charge on any atom is 0.337 e. The SMILES string of the molecule is CC(C)CCNc1c(Cl)cc(N)cc1C(=O)O. The van der Waals surface area contributed by atoms with Gasteiger partial charge in [-0.3, -0.25) is 0 Å². The summed E-state index contributed by atoms with van der Waals surface area (Å²) in [6, 6.07) is 2.96. The molecule has 0 aliphatic heterocycles. The van der Waals surface area contributed by atoms with E-state index in [0.717, 1.165) is 6.42 Å².